The number of ketones is 1. The van der Waals surface area contributed by atoms with Gasteiger partial charge in [0.1, 0.15) is 19.0 Å². The molecule has 0 aliphatic carbocycles. The van der Waals surface area contributed by atoms with E-state index in [1.165, 1.54) is 6.08 Å². The minimum atomic E-state index is -0.0880. The molecule has 0 spiro atoms. The van der Waals surface area contributed by atoms with Gasteiger partial charge in [-0.1, -0.05) is 6.08 Å². The molecule has 3 rings (SSSR count). The highest BCUT2D eigenvalue weighted by molar-refractivity contribution is 6.06. The molecule has 0 bridgehead atoms. The van der Waals surface area contributed by atoms with E-state index < -0.39 is 0 Å². The molecule has 0 fully saturated rings. The molecule has 1 heterocycles. The first-order chi connectivity index (χ1) is 12.6. The van der Waals surface area contributed by atoms with E-state index >= 15 is 0 Å². The van der Waals surface area contributed by atoms with Crippen LogP contribution in [-0.4, -0.2) is 32.2 Å². The molecule has 5 nitrogen and oxygen atoms in total. The fourth-order valence-electron chi connectivity index (χ4n) is 2.63. The largest absolute Gasteiger partial charge is 0.493 e. The summed E-state index contributed by atoms with van der Waals surface area (Å²) in [5.74, 6) is 2.47. The Balaban J connectivity index is 1.76. The molecule has 1 aliphatic rings. The molecule has 0 unspecified atom stereocenters. The van der Waals surface area contributed by atoms with Gasteiger partial charge in [0.05, 0.1) is 13.2 Å². The normalized spacial score (nSPS) is 13.1. The Bertz CT molecular complexity index is 789. The van der Waals surface area contributed by atoms with E-state index in [1.807, 2.05) is 26.0 Å². The summed E-state index contributed by atoms with van der Waals surface area (Å²) in [6.07, 6.45) is 3.37. The van der Waals surface area contributed by atoms with Crippen molar-refractivity contribution in [3.05, 3.63) is 53.6 Å². The summed E-state index contributed by atoms with van der Waals surface area (Å²) < 4.78 is 22.1. The number of allylic oxidation sites excluding steroid dienone is 1. The van der Waals surface area contributed by atoms with Gasteiger partial charge in [0.2, 0.25) is 5.75 Å². The third-order valence-electron chi connectivity index (χ3n) is 3.79. The van der Waals surface area contributed by atoms with E-state index in [0.29, 0.717) is 36.0 Å². The number of fused-ring (bicyclic) bond motifs is 1. The van der Waals surface area contributed by atoms with E-state index in [4.69, 9.17) is 18.9 Å². The van der Waals surface area contributed by atoms with Crippen molar-refractivity contribution in [2.45, 2.75) is 20.0 Å². The van der Waals surface area contributed by atoms with Crippen LogP contribution in [0.4, 0.5) is 0 Å². The number of methoxy groups -OCH3 is 1. The van der Waals surface area contributed by atoms with E-state index in [1.54, 1.807) is 37.5 Å². The Kier molecular flexibility index (Phi) is 5.46. The minimum Gasteiger partial charge on any atom is -0.493 e. The molecule has 0 atom stereocenters. The molecule has 136 valence electrons. The van der Waals surface area contributed by atoms with Gasteiger partial charge in [-0.2, -0.15) is 0 Å². The summed E-state index contributed by atoms with van der Waals surface area (Å²) in [4.78, 5) is 12.4. The molecule has 2 aromatic rings. The fraction of sp³-hybridized carbons (Fsp3) is 0.286. The predicted octanol–water partition coefficient (Wildman–Crippen LogP) is 4.15. The average molecular weight is 354 g/mol. The summed E-state index contributed by atoms with van der Waals surface area (Å²) in [6, 6.07) is 10.8. The fourth-order valence-corrected chi connectivity index (χ4v) is 2.63. The van der Waals surface area contributed by atoms with Crippen LogP contribution in [-0.2, 0) is 0 Å². The highest BCUT2D eigenvalue weighted by atomic mass is 16.6. The molecular formula is C21H22O5. The summed E-state index contributed by atoms with van der Waals surface area (Å²) >= 11 is 0. The summed E-state index contributed by atoms with van der Waals surface area (Å²) in [7, 11) is 1.58. The maximum absolute atomic E-state index is 12.4. The molecule has 1 aliphatic heterocycles. The number of rotatable bonds is 6. The SMILES string of the molecule is COc1cc(/C=C/C(=O)c2ccc(OC(C)C)cc2)cc2c1OCCO2. The number of hydrogen-bond acceptors (Lipinski definition) is 5. The zero-order chi connectivity index (χ0) is 18.5. The lowest BCUT2D eigenvalue weighted by atomic mass is 10.1. The van der Waals surface area contributed by atoms with Crippen LogP contribution in [0.25, 0.3) is 6.08 Å². The lowest BCUT2D eigenvalue weighted by molar-refractivity contribution is 0.104. The van der Waals surface area contributed by atoms with Gasteiger partial charge in [-0.05, 0) is 61.9 Å². The van der Waals surface area contributed by atoms with Gasteiger partial charge >= 0.3 is 0 Å². The molecule has 0 aromatic heterocycles. The molecule has 26 heavy (non-hydrogen) atoms. The molecule has 2 aromatic carbocycles. The Morgan fingerprint density at radius 2 is 1.85 bits per heavy atom. The number of hydrogen-bond donors (Lipinski definition) is 0. The maximum Gasteiger partial charge on any atom is 0.203 e. The van der Waals surface area contributed by atoms with Crippen LogP contribution in [0.3, 0.4) is 0 Å². The molecule has 0 radical (unpaired) electrons. The smallest absolute Gasteiger partial charge is 0.203 e. The van der Waals surface area contributed by atoms with Gasteiger partial charge in [-0.15, -0.1) is 0 Å². The number of benzene rings is 2. The summed E-state index contributed by atoms with van der Waals surface area (Å²) in [5, 5.41) is 0. The molecule has 0 amide bonds. The van der Waals surface area contributed by atoms with Gasteiger partial charge in [0, 0.05) is 5.56 Å². The summed E-state index contributed by atoms with van der Waals surface area (Å²) in [6.45, 7) is 4.91. The minimum absolute atomic E-state index is 0.0880. The third-order valence-corrected chi connectivity index (χ3v) is 3.79. The van der Waals surface area contributed by atoms with Crippen LogP contribution in [0, 0.1) is 0 Å². The first-order valence-electron chi connectivity index (χ1n) is 8.53. The first-order valence-corrected chi connectivity index (χ1v) is 8.53. The van der Waals surface area contributed by atoms with E-state index in [-0.39, 0.29) is 11.9 Å². The van der Waals surface area contributed by atoms with Crippen molar-refractivity contribution in [3.63, 3.8) is 0 Å². The highest BCUT2D eigenvalue weighted by Gasteiger charge is 2.17. The number of ether oxygens (including phenoxy) is 4. The second kappa shape index (κ2) is 7.95. The standard InChI is InChI=1S/C21H22O5/c1-14(2)26-17-7-5-16(6-8-17)18(22)9-4-15-12-19(23-3)21-20(13-15)24-10-11-25-21/h4-9,12-14H,10-11H2,1-3H3/b9-4+. The zero-order valence-corrected chi connectivity index (χ0v) is 15.2. The lowest BCUT2D eigenvalue weighted by Gasteiger charge is -2.20. The molecule has 5 heteroatoms. The Morgan fingerprint density at radius 3 is 2.54 bits per heavy atom. The van der Waals surface area contributed by atoms with Gasteiger partial charge in [0.25, 0.3) is 0 Å². The van der Waals surface area contributed by atoms with Crippen molar-refractivity contribution in [3.8, 4) is 23.0 Å². The maximum atomic E-state index is 12.4. The van der Waals surface area contributed by atoms with Crippen molar-refractivity contribution >= 4 is 11.9 Å². The van der Waals surface area contributed by atoms with Crippen molar-refractivity contribution in [1.82, 2.24) is 0 Å². The topological polar surface area (TPSA) is 54.0 Å². The number of carbonyl (C=O) groups excluding carboxylic acids is 1. The van der Waals surface area contributed by atoms with Crippen molar-refractivity contribution in [2.75, 3.05) is 20.3 Å². The van der Waals surface area contributed by atoms with Crippen LogP contribution in [0.5, 0.6) is 23.0 Å². The van der Waals surface area contributed by atoms with Crippen molar-refractivity contribution < 1.29 is 23.7 Å². The quantitative estimate of drug-likeness (QED) is 0.576. The Morgan fingerprint density at radius 1 is 1.12 bits per heavy atom. The van der Waals surface area contributed by atoms with Crippen LogP contribution >= 0.6 is 0 Å². The molecule has 0 saturated carbocycles. The van der Waals surface area contributed by atoms with Crippen LogP contribution in [0.15, 0.2) is 42.5 Å². The van der Waals surface area contributed by atoms with Gasteiger partial charge in [-0.25, -0.2) is 0 Å². The van der Waals surface area contributed by atoms with E-state index in [2.05, 4.69) is 0 Å². The lowest BCUT2D eigenvalue weighted by Crippen LogP contribution is -2.16. The first kappa shape index (κ1) is 17.9. The van der Waals surface area contributed by atoms with Crippen LogP contribution < -0.4 is 18.9 Å². The van der Waals surface area contributed by atoms with E-state index in [9.17, 15) is 4.79 Å². The molecule has 0 saturated heterocycles. The number of carbonyl (C=O) groups is 1. The third kappa shape index (κ3) is 4.17. The molecule has 0 N–H and O–H groups in total. The van der Waals surface area contributed by atoms with E-state index in [0.717, 1.165) is 11.3 Å². The monoisotopic (exact) mass is 354 g/mol. The van der Waals surface area contributed by atoms with Crippen LogP contribution in [0.1, 0.15) is 29.8 Å². The Labute approximate surface area is 153 Å². The zero-order valence-electron chi connectivity index (χ0n) is 15.2. The van der Waals surface area contributed by atoms with Gasteiger partial charge in [0.15, 0.2) is 17.3 Å². The van der Waals surface area contributed by atoms with Gasteiger partial charge < -0.3 is 18.9 Å². The average Bonchev–Trinajstić information content (AvgIpc) is 2.65. The van der Waals surface area contributed by atoms with Crippen molar-refractivity contribution in [2.24, 2.45) is 0 Å². The molecular weight excluding hydrogens is 332 g/mol. The summed E-state index contributed by atoms with van der Waals surface area (Å²) in [5.41, 5.74) is 1.40. The second-order valence-electron chi connectivity index (χ2n) is 6.14. The highest BCUT2D eigenvalue weighted by Crippen LogP contribution is 2.40. The van der Waals surface area contributed by atoms with Crippen molar-refractivity contribution in [1.29, 1.82) is 0 Å². The second-order valence-corrected chi connectivity index (χ2v) is 6.14. The van der Waals surface area contributed by atoms with Gasteiger partial charge in [-0.3, -0.25) is 4.79 Å². The van der Waals surface area contributed by atoms with Crippen LogP contribution in [0.2, 0.25) is 0 Å². The Hall–Kier alpha value is -2.95. The predicted molar refractivity (Wildman–Crippen MR) is 99.6 cm³/mol.